The highest BCUT2D eigenvalue weighted by Crippen LogP contribution is 2.19. The Bertz CT molecular complexity index is 464. The molecule has 2 aromatic rings. The van der Waals surface area contributed by atoms with Crippen molar-refractivity contribution in [1.29, 1.82) is 0 Å². The molecule has 2 heterocycles. The maximum Gasteiger partial charge on any atom is 0.346 e. The van der Waals surface area contributed by atoms with Gasteiger partial charge < -0.3 is 5.11 Å². The van der Waals surface area contributed by atoms with Crippen molar-refractivity contribution < 1.29 is 9.90 Å². The summed E-state index contributed by atoms with van der Waals surface area (Å²) in [6.45, 7) is 0. The Morgan fingerprint density at radius 3 is 2.73 bits per heavy atom. The van der Waals surface area contributed by atoms with Crippen LogP contribution in [0.5, 0.6) is 0 Å². The van der Waals surface area contributed by atoms with E-state index in [4.69, 9.17) is 5.11 Å². The summed E-state index contributed by atoms with van der Waals surface area (Å²) in [6, 6.07) is 5.64. The van der Waals surface area contributed by atoms with E-state index in [9.17, 15) is 4.79 Å². The number of carboxylic acid groups (broad SMARTS) is 1. The third-order valence-corrected chi connectivity index (χ3v) is 3.03. The quantitative estimate of drug-likeness (QED) is 0.862. The third kappa shape index (κ3) is 2.22. The zero-order valence-electron chi connectivity index (χ0n) is 7.88. The number of carbonyl (C=O) groups is 1. The van der Waals surface area contributed by atoms with Gasteiger partial charge in [-0.25, -0.2) is 4.79 Å². The number of hydrogen-bond acceptors (Lipinski definition) is 3. The second-order valence-corrected chi connectivity index (χ2v) is 4.03. The van der Waals surface area contributed by atoms with Crippen molar-refractivity contribution in [3.63, 3.8) is 0 Å². The molecule has 0 fully saturated rings. The average Bonchev–Trinajstić information content (AvgIpc) is 2.67. The topological polar surface area (TPSA) is 50.2 Å². The molecule has 2 aromatic heterocycles. The van der Waals surface area contributed by atoms with Gasteiger partial charge in [-0.1, -0.05) is 0 Å². The Labute approximate surface area is 91.0 Å². The summed E-state index contributed by atoms with van der Waals surface area (Å²) in [5.41, 5.74) is 1.93. The molecule has 0 aliphatic rings. The Morgan fingerprint density at radius 1 is 1.33 bits per heavy atom. The van der Waals surface area contributed by atoms with Crippen molar-refractivity contribution in [2.24, 2.45) is 0 Å². The molecule has 4 heteroatoms. The van der Waals surface area contributed by atoms with Gasteiger partial charge in [0.2, 0.25) is 0 Å². The van der Waals surface area contributed by atoms with Crippen LogP contribution in [0.25, 0.3) is 0 Å². The number of nitrogens with zero attached hydrogens (tertiary/aromatic N) is 1. The fraction of sp³-hybridized carbons (Fsp3) is 0.0909. The lowest BCUT2D eigenvalue weighted by atomic mass is 10.1. The summed E-state index contributed by atoms with van der Waals surface area (Å²) in [6.07, 6.45) is 4.07. The molecule has 0 aliphatic carbocycles. The van der Waals surface area contributed by atoms with Crippen LogP contribution < -0.4 is 0 Å². The van der Waals surface area contributed by atoms with E-state index in [1.807, 2.05) is 18.2 Å². The van der Waals surface area contributed by atoms with E-state index in [2.05, 4.69) is 4.98 Å². The minimum atomic E-state index is -0.853. The summed E-state index contributed by atoms with van der Waals surface area (Å²) in [5.74, 6) is -0.853. The van der Waals surface area contributed by atoms with E-state index in [0.29, 0.717) is 11.3 Å². The fourth-order valence-electron chi connectivity index (χ4n) is 1.38. The molecule has 0 aromatic carbocycles. The van der Waals surface area contributed by atoms with E-state index >= 15 is 0 Å². The predicted molar refractivity (Wildman–Crippen MR) is 58.3 cm³/mol. The predicted octanol–water partition coefficient (Wildman–Crippen LogP) is 2.43. The molecule has 0 spiro atoms. The van der Waals surface area contributed by atoms with Gasteiger partial charge in [0.15, 0.2) is 0 Å². The molecule has 0 aliphatic heterocycles. The molecule has 15 heavy (non-hydrogen) atoms. The summed E-state index contributed by atoms with van der Waals surface area (Å²) in [4.78, 5) is 15.2. The number of aromatic nitrogens is 1. The first-order chi connectivity index (χ1) is 7.27. The monoisotopic (exact) mass is 219 g/mol. The van der Waals surface area contributed by atoms with E-state index in [1.165, 1.54) is 11.3 Å². The molecule has 0 radical (unpaired) electrons. The second kappa shape index (κ2) is 4.23. The van der Waals surface area contributed by atoms with Crippen LogP contribution in [0.1, 0.15) is 20.8 Å². The van der Waals surface area contributed by atoms with Crippen LogP contribution in [-0.2, 0) is 6.42 Å². The first-order valence-electron chi connectivity index (χ1n) is 4.46. The van der Waals surface area contributed by atoms with Gasteiger partial charge in [0.05, 0.1) is 0 Å². The van der Waals surface area contributed by atoms with E-state index in [-0.39, 0.29) is 0 Å². The van der Waals surface area contributed by atoms with E-state index < -0.39 is 5.97 Å². The van der Waals surface area contributed by atoms with Crippen molar-refractivity contribution in [1.82, 2.24) is 4.98 Å². The summed E-state index contributed by atoms with van der Waals surface area (Å²) < 4.78 is 0. The Kier molecular flexibility index (Phi) is 2.78. The van der Waals surface area contributed by atoms with Gasteiger partial charge in [0.25, 0.3) is 0 Å². The fourth-order valence-corrected chi connectivity index (χ4v) is 2.14. The van der Waals surface area contributed by atoms with Gasteiger partial charge >= 0.3 is 5.97 Å². The Hall–Kier alpha value is -1.68. The zero-order chi connectivity index (χ0) is 10.7. The Balaban J connectivity index is 2.25. The van der Waals surface area contributed by atoms with Gasteiger partial charge in [-0.2, -0.15) is 0 Å². The highest BCUT2D eigenvalue weighted by Gasteiger charge is 2.11. The lowest BCUT2D eigenvalue weighted by Crippen LogP contribution is -1.98. The van der Waals surface area contributed by atoms with Gasteiger partial charge in [-0.05, 0) is 41.1 Å². The SMILES string of the molecule is O=C(O)c1sccc1Cc1ccncc1. The summed E-state index contributed by atoms with van der Waals surface area (Å²) in [5, 5.41) is 10.7. The van der Waals surface area contributed by atoms with Crippen LogP contribution in [0.4, 0.5) is 0 Å². The number of thiophene rings is 1. The van der Waals surface area contributed by atoms with Crippen LogP contribution in [0.2, 0.25) is 0 Å². The molecule has 0 atom stereocenters. The molecule has 2 rings (SSSR count). The number of rotatable bonds is 3. The molecule has 1 N–H and O–H groups in total. The van der Waals surface area contributed by atoms with Crippen molar-refractivity contribution in [3.05, 3.63) is 52.0 Å². The standard InChI is InChI=1S/C11H9NO2S/c13-11(14)10-9(3-6-15-10)7-8-1-4-12-5-2-8/h1-6H,7H2,(H,13,14). The Morgan fingerprint density at radius 2 is 2.07 bits per heavy atom. The van der Waals surface area contributed by atoms with Crippen LogP contribution >= 0.6 is 11.3 Å². The first kappa shape index (κ1) is 9.86. The molecule has 0 amide bonds. The smallest absolute Gasteiger partial charge is 0.346 e. The number of pyridine rings is 1. The van der Waals surface area contributed by atoms with Crippen molar-refractivity contribution in [2.75, 3.05) is 0 Å². The third-order valence-electron chi connectivity index (χ3n) is 2.08. The number of hydrogen-bond donors (Lipinski definition) is 1. The van der Waals surface area contributed by atoms with Crippen LogP contribution in [0.15, 0.2) is 36.0 Å². The molecule has 0 saturated carbocycles. The van der Waals surface area contributed by atoms with Gasteiger partial charge in [0, 0.05) is 12.4 Å². The average molecular weight is 219 g/mol. The van der Waals surface area contributed by atoms with Crippen molar-refractivity contribution >= 4 is 17.3 Å². The molecule has 0 unspecified atom stereocenters. The maximum absolute atomic E-state index is 10.9. The van der Waals surface area contributed by atoms with E-state index in [1.54, 1.807) is 17.8 Å². The van der Waals surface area contributed by atoms with E-state index in [0.717, 1.165) is 11.1 Å². The van der Waals surface area contributed by atoms with Crippen LogP contribution in [0, 0.1) is 0 Å². The van der Waals surface area contributed by atoms with Crippen LogP contribution in [0.3, 0.4) is 0 Å². The highest BCUT2D eigenvalue weighted by molar-refractivity contribution is 7.12. The highest BCUT2D eigenvalue weighted by atomic mass is 32.1. The number of aromatic carboxylic acids is 1. The molecule has 0 bridgehead atoms. The lowest BCUT2D eigenvalue weighted by Gasteiger charge is -1.99. The molecule has 76 valence electrons. The second-order valence-electron chi connectivity index (χ2n) is 3.11. The van der Waals surface area contributed by atoms with Gasteiger partial charge in [0.1, 0.15) is 4.88 Å². The molecular formula is C11H9NO2S. The normalized spacial score (nSPS) is 10.1. The zero-order valence-corrected chi connectivity index (χ0v) is 8.70. The number of carboxylic acids is 1. The lowest BCUT2D eigenvalue weighted by molar-refractivity contribution is 0.0701. The molecule has 3 nitrogen and oxygen atoms in total. The largest absolute Gasteiger partial charge is 0.477 e. The minimum absolute atomic E-state index is 0.423. The summed E-state index contributed by atoms with van der Waals surface area (Å²) >= 11 is 1.26. The first-order valence-corrected chi connectivity index (χ1v) is 5.34. The maximum atomic E-state index is 10.9. The van der Waals surface area contributed by atoms with Gasteiger partial charge in [-0.3, -0.25) is 4.98 Å². The van der Waals surface area contributed by atoms with Crippen molar-refractivity contribution in [2.45, 2.75) is 6.42 Å². The molecular weight excluding hydrogens is 210 g/mol. The van der Waals surface area contributed by atoms with Crippen molar-refractivity contribution in [3.8, 4) is 0 Å². The molecule has 0 saturated heterocycles. The summed E-state index contributed by atoms with van der Waals surface area (Å²) in [7, 11) is 0. The van der Waals surface area contributed by atoms with Crippen LogP contribution in [-0.4, -0.2) is 16.1 Å². The minimum Gasteiger partial charge on any atom is -0.477 e. The van der Waals surface area contributed by atoms with Gasteiger partial charge in [-0.15, -0.1) is 11.3 Å².